The second kappa shape index (κ2) is 5.87. The number of rotatable bonds is 4. The zero-order chi connectivity index (χ0) is 14.8. The van der Waals surface area contributed by atoms with E-state index in [0.717, 1.165) is 26.8 Å². The first-order valence-corrected chi connectivity index (χ1v) is 8.53. The molecule has 3 rings (SSSR count). The SMILES string of the molecule is CCn1ccc(C(=O)Nc2ccc3nc(SC)sc3c2)n1. The topological polar surface area (TPSA) is 59.8 Å². The highest BCUT2D eigenvalue weighted by Gasteiger charge is 2.10. The number of hydrogen-bond acceptors (Lipinski definition) is 5. The van der Waals surface area contributed by atoms with E-state index in [1.165, 1.54) is 0 Å². The van der Waals surface area contributed by atoms with Gasteiger partial charge < -0.3 is 5.32 Å². The van der Waals surface area contributed by atoms with E-state index in [0.29, 0.717) is 5.69 Å². The third kappa shape index (κ3) is 2.93. The fourth-order valence-corrected chi connectivity index (χ4v) is 3.45. The van der Waals surface area contributed by atoms with Gasteiger partial charge in [-0.2, -0.15) is 5.10 Å². The molecule has 1 N–H and O–H groups in total. The molecule has 0 aliphatic carbocycles. The van der Waals surface area contributed by atoms with Crippen molar-refractivity contribution in [3.63, 3.8) is 0 Å². The number of aromatic nitrogens is 3. The molecule has 5 nitrogen and oxygen atoms in total. The van der Waals surface area contributed by atoms with E-state index >= 15 is 0 Å². The number of anilines is 1. The third-order valence-electron chi connectivity index (χ3n) is 3.00. The molecular formula is C14H14N4OS2. The zero-order valence-electron chi connectivity index (χ0n) is 11.7. The summed E-state index contributed by atoms with van der Waals surface area (Å²) in [7, 11) is 0. The number of nitrogens with one attached hydrogen (secondary N) is 1. The normalized spacial score (nSPS) is 11.0. The summed E-state index contributed by atoms with van der Waals surface area (Å²) in [6.45, 7) is 2.73. The maximum absolute atomic E-state index is 12.1. The van der Waals surface area contributed by atoms with Crippen LogP contribution in [0.4, 0.5) is 5.69 Å². The Kier molecular flexibility index (Phi) is 3.94. The standard InChI is InChI=1S/C14H14N4OS2/c1-3-18-7-6-11(17-18)13(19)15-9-4-5-10-12(8-9)21-14(16-10)20-2/h4-8H,3H2,1-2H3,(H,15,19). The van der Waals surface area contributed by atoms with E-state index in [-0.39, 0.29) is 5.91 Å². The van der Waals surface area contributed by atoms with E-state index < -0.39 is 0 Å². The number of thiazole rings is 1. The predicted octanol–water partition coefficient (Wildman–Crippen LogP) is 3.49. The van der Waals surface area contributed by atoms with Crippen molar-refractivity contribution < 1.29 is 4.79 Å². The lowest BCUT2D eigenvalue weighted by atomic mass is 10.3. The van der Waals surface area contributed by atoms with Crippen LogP contribution in [-0.4, -0.2) is 26.9 Å². The number of aryl methyl sites for hydroxylation is 1. The third-order valence-corrected chi connectivity index (χ3v) is 5.00. The van der Waals surface area contributed by atoms with Gasteiger partial charge in [0.05, 0.1) is 10.2 Å². The van der Waals surface area contributed by atoms with Crippen molar-refractivity contribution in [3.8, 4) is 0 Å². The Labute approximate surface area is 130 Å². The Morgan fingerprint density at radius 2 is 2.29 bits per heavy atom. The predicted molar refractivity (Wildman–Crippen MR) is 87.3 cm³/mol. The van der Waals surface area contributed by atoms with Crippen molar-refractivity contribution in [2.45, 2.75) is 17.8 Å². The fraction of sp³-hybridized carbons (Fsp3) is 0.214. The number of hydrogen-bond donors (Lipinski definition) is 1. The molecule has 0 spiro atoms. The van der Waals surface area contributed by atoms with Crippen LogP contribution >= 0.6 is 23.1 Å². The summed E-state index contributed by atoms with van der Waals surface area (Å²) in [6, 6.07) is 7.45. The molecule has 2 heterocycles. The molecule has 3 aromatic rings. The lowest BCUT2D eigenvalue weighted by Gasteiger charge is -2.02. The molecule has 0 atom stereocenters. The molecule has 0 aliphatic rings. The Bertz CT molecular complexity index is 793. The molecule has 0 saturated heterocycles. The van der Waals surface area contributed by atoms with Gasteiger partial charge in [0, 0.05) is 18.4 Å². The number of carbonyl (C=O) groups is 1. The van der Waals surface area contributed by atoms with Crippen molar-refractivity contribution in [2.75, 3.05) is 11.6 Å². The second-order valence-electron chi connectivity index (χ2n) is 4.38. The molecule has 0 unspecified atom stereocenters. The van der Waals surface area contributed by atoms with Gasteiger partial charge in [-0.1, -0.05) is 11.8 Å². The molecular weight excluding hydrogens is 304 g/mol. The molecule has 0 bridgehead atoms. The summed E-state index contributed by atoms with van der Waals surface area (Å²) < 4.78 is 3.82. The highest BCUT2D eigenvalue weighted by Crippen LogP contribution is 2.30. The van der Waals surface area contributed by atoms with Gasteiger partial charge in [-0.25, -0.2) is 4.98 Å². The van der Waals surface area contributed by atoms with Gasteiger partial charge in [0.2, 0.25) is 0 Å². The maximum atomic E-state index is 12.1. The summed E-state index contributed by atoms with van der Waals surface area (Å²) in [5.41, 5.74) is 2.14. The molecule has 1 amide bonds. The average Bonchev–Trinajstić information content (AvgIpc) is 3.12. The van der Waals surface area contributed by atoms with Crippen LogP contribution in [-0.2, 0) is 6.54 Å². The van der Waals surface area contributed by atoms with Gasteiger partial charge in [-0.05, 0) is 37.4 Å². The van der Waals surface area contributed by atoms with Gasteiger partial charge in [0.1, 0.15) is 0 Å². The quantitative estimate of drug-likeness (QED) is 0.748. The van der Waals surface area contributed by atoms with E-state index in [1.807, 2.05) is 31.4 Å². The molecule has 0 aliphatic heterocycles. The lowest BCUT2D eigenvalue weighted by Crippen LogP contribution is -2.13. The van der Waals surface area contributed by atoms with Crippen molar-refractivity contribution in [3.05, 3.63) is 36.2 Å². The summed E-state index contributed by atoms with van der Waals surface area (Å²) in [6.07, 6.45) is 3.80. The maximum Gasteiger partial charge on any atom is 0.276 e. The minimum Gasteiger partial charge on any atom is -0.321 e. The molecule has 0 saturated carbocycles. The van der Waals surface area contributed by atoms with E-state index in [1.54, 1.807) is 40.0 Å². The second-order valence-corrected chi connectivity index (χ2v) is 6.46. The number of carbonyl (C=O) groups excluding carboxylic acids is 1. The van der Waals surface area contributed by atoms with Gasteiger partial charge in [-0.3, -0.25) is 9.48 Å². The molecule has 0 fully saturated rings. The average molecular weight is 318 g/mol. The Morgan fingerprint density at radius 1 is 1.43 bits per heavy atom. The number of thioether (sulfide) groups is 1. The van der Waals surface area contributed by atoms with E-state index in [4.69, 9.17) is 0 Å². The van der Waals surface area contributed by atoms with Crippen LogP contribution in [0.1, 0.15) is 17.4 Å². The summed E-state index contributed by atoms with van der Waals surface area (Å²) in [4.78, 5) is 16.6. The van der Waals surface area contributed by atoms with Gasteiger partial charge in [-0.15, -0.1) is 11.3 Å². The first kappa shape index (κ1) is 14.1. The molecule has 1 aromatic carbocycles. The van der Waals surface area contributed by atoms with Crippen molar-refractivity contribution in [1.29, 1.82) is 0 Å². The molecule has 0 radical (unpaired) electrons. The van der Waals surface area contributed by atoms with Crippen LogP contribution in [0.3, 0.4) is 0 Å². The summed E-state index contributed by atoms with van der Waals surface area (Å²) in [5.74, 6) is -0.198. The Hall–Kier alpha value is -1.86. The fourth-order valence-electron chi connectivity index (χ4n) is 1.92. The summed E-state index contributed by atoms with van der Waals surface area (Å²) in [5, 5.41) is 7.07. The number of nitrogens with zero attached hydrogens (tertiary/aromatic N) is 3. The first-order valence-electron chi connectivity index (χ1n) is 6.49. The molecule has 108 valence electrons. The number of fused-ring (bicyclic) bond motifs is 1. The van der Waals surface area contributed by atoms with E-state index in [2.05, 4.69) is 15.4 Å². The molecule has 7 heteroatoms. The van der Waals surface area contributed by atoms with Gasteiger partial charge >= 0.3 is 0 Å². The van der Waals surface area contributed by atoms with Crippen molar-refractivity contribution in [2.24, 2.45) is 0 Å². The monoisotopic (exact) mass is 318 g/mol. The van der Waals surface area contributed by atoms with Crippen LogP contribution in [0.5, 0.6) is 0 Å². The van der Waals surface area contributed by atoms with Crippen LogP contribution in [0.2, 0.25) is 0 Å². The van der Waals surface area contributed by atoms with Crippen molar-refractivity contribution >= 4 is 44.9 Å². The van der Waals surface area contributed by atoms with Crippen molar-refractivity contribution in [1.82, 2.24) is 14.8 Å². The van der Waals surface area contributed by atoms with Crippen LogP contribution in [0.25, 0.3) is 10.2 Å². The smallest absolute Gasteiger partial charge is 0.276 e. The number of benzene rings is 1. The first-order chi connectivity index (χ1) is 10.2. The van der Waals surface area contributed by atoms with Crippen LogP contribution in [0.15, 0.2) is 34.8 Å². The number of amides is 1. The highest BCUT2D eigenvalue weighted by molar-refractivity contribution is 8.00. The minimum atomic E-state index is -0.198. The zero-order valence-corrected chi connectivity index (χ0v) is 13.3. The largest absolute Gasteiger partial charge is 0.321 e. The van der Waals surface area contributed by atoms with Gasteiger partial charge in [0.25, 0.3) is 5.91 Å². The molecule has 2 aromatic heterocycles. The highest BCUT2D eigenvalue weighted by atomic mass is 32.2. The van der Waals surface area contributed by atoms with Gasteiger partial charge in [0.15, 0.2) is 10.0 Å². The molecule has 21 heavy (non-hydrogen) atoms. The Morgan fingerprint density at radius 3 is 3.00 bits per heavy atom. The lowest BCUT2D eigenvalue weighted by molar-refractivity contribution is 0.102. The summed E-state index contributed by atoms with van der Waals surface area (Å²) >= 11 is 3.25. The Balaban J connectivity index is 1.81. The van der Waals surface area contributed by atoms with E-state index in [9.17, 15) is 4.79 Å². The minimum absolute atomic E-state index is 0.198. The van der Waals surface area contributed by atoms with Crippen LogP contribution < -0.4 is 5.32 Å². The van der Waals surface area contributed by atoms with Crippen LogP contribution in [0, 0.1) is 0 Å².